The molecule has 0 aliphatic heterocycles. The van der Waals surface area contributed by atoms with Crippen molar-refractivity contribution in [2.24, 2.45) is 12.5 Å². The molecular formula is C16H28N4O2. The van der Waals surface area contributed by atoms with Crippen LogP contribution < -0.4 is 10.6 Å². The first-order valence-corrected chi connectivity index (χ1v) is 8.01. The van der Waals surface area contributed by atoms with E-state index in [0.717, 1.165) is 37.1 Å². The molecule has 0 bridgehead atoms. The fourth-order valence-corrected chi connectivity index (χ4v) is 3.36. The van der Waals surface area contributed by atoms with Crippen molar-refractivity contribution in [2.45, 2.75) is 52.5 Å². The molecule has 2 rings (SSSR count). The lowest BCUT2D eigenvalue weighted by molar-refractivity contribution is 0.121. The molecule has 22 heavy (non-hydrogen) atoms. The summed E-state index contributed by atoms with van der Waals surface area (Å²) < 4.78 is 1.87. The minimum Gasteiger partial charge on any atom is -0.396 e. The number of hydrogen-bond donors (Lipinski definition) is 3. The van der Waals surface area contributed by atoms with Crippen LogP contribution >= 0.6 is 0 Å². The van der Waals surface area contributed by atoms with E-state index in [-0.39, 0.29) is 24.1 Å². The molecule has 1 aliphatic rings. The number of carbonyl (C=O) groups is 1. The maximum Gasteiger partial charge on any atom is 0.315 e. The number of aliphatic hydroxyl groups is 1. The van der Waals surface area contributed by atoms with Crippen molar-refractivity contribution in [1.82, 2.24) is 20.4 Å². The molecule has 124 valence electrons. The van der Waals surface area contributed by atoms with Crippen molar-refractivity contribution in [3.63, 3.8) is 0 Å². The Morgan fingerprint density at radius 2 is 2.23 bits per heavy atom. The lowest BCUT2D eigenvalue weighted by Crippen LogP contribution is -2.49. The molecule has 0 aromatic carbocycles. The van der Waals surface area contributed by atoms with Gasteiger partial charge in [0.2, 0.25) is 0 Å². The Balaban J connectivity index is 1.81. The predicted octanol–water partition coefficient (Wildman–Crippen LogP) is 1.43. The summed E-state index contributed by atoms with van der Waals surface area (Å²) in [5.74, 6) is 0. The van der Waals surface area contributed by atoms with Gasteiger partial charge in [-0.05, 0) is 38.7 Å². The van der Waals surface area contributed by atoms with Crippen LogP contribution in [0, 0.1) is 19.3 Å². The fraction of sp³-hybridized carbons (Fsp3) is 0.750. The molecule has 1 aromatic rings. The summed E-state index contributed by atoms with van der Waals surface area (Å²) in [6, 6.07) is -0.0925. The predicted molar refractivity (Wildman–Crippen MR) is 85.8 cm³/mol. The van der Waals surface area contributed by atoms with Crippen molar-refractivity contribution < 1.29 is 9.90 Å². The second-order valence-electron chi connectivity index (χ2n) is 6.68. The van der Waals surface area contributed by atoms with E-state index in [0.29, 0.717) is 6.54 Å². The highest BCUT2D eigenvalue weighted by atomic mass is 16.3. The maximum atomic E-state index is 12.0. The summed E-state index contributed by atoms with van der Waals surface area (Å²) in [7, 11) is 1.93. The SMILES string of the molecule is Cc1nn(C)c(C)c1CCNC(=O)NC1CCCC1(C)CO. The van der Waals surface area contributed by atoms with E-state index >= 15 is 0 Å². The van der Waals surface area contributed by atoms with E-state index in [4.69, 9.17) is 0 Å². The normalized spacial score (nSPS) is 24.5. The number of aliphatic hydroxyl groups excluding tert-OH is 1. The molecule has 1 saturated carbocycles. The highest BCUT2D eigenvalue weighted by molar-refractivity contribution is 5.74. The second-order valence-corrected chi connectivity index (χ2v) is 6.68. The summed E-state index contributed by atoms with van der Waals surface area (Å²) in [5.41, 5.74) is 3.17. The van der Waals surface area contributed by atoms with Crippen LogP contribution in [0.4, 0.5) is 4.79 Å². The zero-order valence-electron chi connectivity index (χ0n) is 14.1. The average molecular weight is 308 g/mol. The van der Waals surface area contributed by atoms with Crippen molar-refractivity contribution in [1.29, 1.82) is 0 Å². The molecule has 2 unspecified atom stereocenters. The summed E-state index contributed by atoms with van der Waals surface area (Å²) in [5, 5.41) is 19.8. The van der Waals surface area contributed by atoms with E-state index in [2.05, 4.69) is 15.7 Å². The van der Waals surface area contributed by atoms with E-state index in [9.17, 15) is 9.90 Å². The van der Waals surface area contributed by atoms with E-state index in [1.54, 1.807) is 0 Å². The van der Waals surface area contributed by atoms with E-state index in [1.807, 2.05) is 32.5 Å². The lowest BCUT2D eigenvalue weighted by atomic mass is 9.86. The van der Waals surface area contributed by atoms with Gasteiger partial charge in [-0.1, -0.05) is 13.3 Å². The fourth-order valence-electron chi connectivity index (χ4n) is 3.36. The zero-order chi connectivity index (χ0) is 16.3. The van der Waals surface area contributed by atoms with Crippen LogP contribution in [0.25, 0.3) is 0 Å². The van der Waals surface area contributed by atoms with Crippen molar-refractivity contribution in [3.8, 4) is 0 Å². The van der Waals surface area contributed by atoms with Crippen LogP contribution in [0.5, 0.6) is 0 Å². The number of urea groups is 1. The lowest BCUT2D eigenvalue weighted by Gasteiger charge is -2.30. The van der Waals surface area contributed by atoms with Gasteiger partial charge in [0.05, 0.1) is 12.3 Å². The summed E-state index contributed by atoms with van der Waals surface area (Å²) in [6.45, 7) is 6.77. The molecule has 2 atom stereocenters. The third-order valence-corrected chi connectivity index (χ3v) is 5.07. The van der Waals surface area contributed by atoms with Crippen molar-refractivity contribution in [3.05, 3.63) is 17.0 Å². The minimum absolute atomic E-state index is 0.0550. The van der Waals surface area contributed by atoms with Crippen LogP contribution in [0.2, 0.25) is 0 Å². The van der Waals surface area contributed by atoms with Crippen LogP contribution in [0.3, 0.4) is 0 Å². The highest BCUT2D eigenvalue weighted by Crippen LogP contribution is 2.37. The van der Waals surface area contributed by atoms with Gasteiger partial charge in [-0.25, -0.2) is 4.79 Å². The van der Waals surface area contributed by atoms with Crippen LogP contribution in [0.1, 0.15) is 43.1 Å². The molecule has 6 heteroatoms. The largest absolute Gasteiger partial charge is 0.396 e. The molecule has 1 heterocycles. The Hall–Kier alpha value is -1.56. The zero-order valence-corrected chi connectivity index (χ0v) is 14.1. The molecule has 6 nitrogen and oxygen atoms in total. The number of carbonyl (C=O) groups excluding carboxylic acids is 1. The van der Waals surface area contributed by atoms with Crippen molar-refractivity contribution >= 4 is 6.03 Å². The van der Waals surface area contributed by atoms with E-state index < -0.39 is 0 Å². The maximum absolute atomic E-state index is 12.0. The van der Waals surface area contributed by atoms with Gasteiger partial charge in [-0.15, -0.1) is 0 Å². The van der Waals surface area contributed by atoms with Gasteiger partial charge < -0.3 is 15.7 Å². The third kappa shape index (κ3) is 3.43. The Morgan fingerprint density at radius 3 is 2.82 bits per heavy atom. The number of nitrogens with one attached hydrogen (secondary N) is 2. The molecule has 1 aliphatic carbocycles. The number of aryl methyl sites for hydroxylation is 2. The van der Waals surface area contributed by atoms with Gasteiger partial charge in [0.1, 0.15) is 0 Å². The highest BCUT2D eigenvalue weighted by Gasteiger charge is 2.39. The first-order chi connectivity index (χ1) is 10.4. The Bertz CT molecular complexity index is 540. The first kappa shape index (κ1) is 16.8. The number of nitrogens with zero attached hydrogens (tertiary/aromatic N) is 2. The number of aromatic nitrogens is 2. The molecular weight excluding hydrogens is 280 g/mol. The second kappa shape index (κ2) is 6.69. The van der Waals surface area contributed by atoms with Crippen LogP contribution in [-0.4, -0.2) is 40.1 Å². The molecule has 1 aromatic heterocycles. The van der Waals surface area contributed by atoms with Gasteiger partial charge in [-0.2, -0.15) is 5.10 Å². The average Bonchev–Trinajstić information content (AvgIpc) is 2.94. The van der Waals surface area contributed by atoms with Gasteiger partial charge >= 0.3 is 6.03 Å². The van der Waals surface area contributed by atoms with Gasteiger partial charge in [-0.3, -0.25) is 4.68 Å². The summed E-state index contributed by atoms with van der Waals surface area (Å²) in [4.78, 5) is 12.0. The smallest absolute Gasteiger partial charge is 0.315 e. The molecule has 2 amide bonds. The minimum atomic E-state index is -0.187. The van der Waals surface area contributed by atoms with Crippen LogP contribution in [-0.2, 0) is 13.5 Å². The molecule has 1 fully saturated rings. The van der Waals surface area contributed by atoms with E-state index in [1.165, 1.54) is 5.56 Å². The Labute approximate surface area is 132 Å². The van der Waals surface area contributed by atoms with Gasteiger partial charge in [0, 0.05) is 30.7 Å². The van der Waals surface area contributed by atoms with Gasteiger partial charge in [0.15, 0.2) is 0 Å². The molecule has 0 saturated heterocycles. The third-order valence-electron chi connectivity index (χ3n) is 5.07. The first-order valence-electron chi connectivity index (χ1n) is 8.01. The Kier molecular flexibility index (Phi) is 5.11. The molecule has 3 N–H and O–H groups in total. The van der Waals surface area contributed by atoms with Crippen molar-refractivity contribution in [2.75, 3.05) is 13.2 Å². The van der Waals surface area contributed by atoms with Crippen LogP contribution in [0.15, 0.2) is 0 Å². The standard InChI is InChI=1S/C16H28N4O2/c1-11-13(12(2)20(4)19-11)7-9-17-15(22)18-14-6-5-8-16(14,3)10-21/h14,21H,5-10H2,1-4H3,(H2,17,18,22). The monoisotopic (exact) mass is 308 g/mol. The quantitative estimate of drug-likeness (QED) is 0.770. The molecule has 0 radical (unpaired) electrons. The van der Waals surface area contributed by atoms with Gasteiger partial charge in [0.25, 0.3) is 0 Å². The summed E-state index contributed by atoms with van der Waals surface area (Å²) >= 11 is 0. The summed E-state index contributed by atoms with van der Waals surface area (Å²) in [6.07, 6.45) is 3.73. The number of amides is 2. The molecule has 0 spiro atoms. The number of hydrogen-bond acceptors (Lipinski definition) is 3. The number of rotatable bonds is 5. The topological polar surface area (TPSA) is 79.2 Å². The Morgan fingerprint density at radius 1 is 1.50 bits per heavy atom.